The van der Waals surface area contributed by atoms with Gasteiger partial charge in [-0.15, -0.1) is 0 Å². The van der Waals surface area contributed by atoms with Crippen molar-refractivity contribution in [2.75, 3.05) is 25.3 Å². The summed E-state index contributed by atoms with van der Waals surface area (Å²) in [5.74, 6) is 1.91. The predicted octanol–water partition coefficient (Wildman–Crippen LogP) is 2.84. The van der Waals surface area contributed by atoms with Crippen molar-refractivity contribution in [1.29, 1.82) is 0 Å². The minimum Gasteiger partial charge on any atom is -0.504 e. The first kappa shape index (κ1) is 17.4. The van der Waals surface area contributed by atoms with Crippen LogP contribution in [-0.2, 0) is 0 Å². The molecule has 28 heavy (non-hydrogen) atoms. The van der Waals surface area contributed by atoms with Crippen LogP contribution in [0.5, 0.6) is 17.4 Å². The second kappa shape index (κ2) is 6.95. The van der Waals surface area contributed by atoms with Gasteiger partial charge in [0.2, 0.25) is 5.88 Å². The molecule has 0 saturated heterocycles. The zero-order chi connectivity index (χ0) is 19.7. The normalized spacial score (nSPS) is 10.8. The lowest BCUT2D eigenvalue weighted by atomic mass is 10.1. The molecule has 1 aromatic carbocycles. The summed E-state index contributed by atoms with van der Waals surface area (Å²) in [6.07, 6.45) is 3.31. The molecule has 0 spiro atoms. The summed E-state index contributed by atoms with van der Waals surface area (Å²) in [4.78, 5) is 8.80. The summed E-state index contributed by atoms with van der Waals surface area (Å²) in [6, 6.07) is 10.3. The molecule has 3 aromatic heterocycles. The molecule has 0 radical (unpaired) electrons. The molecule has 0 aliphatic heterocycles. The van der Waals surface area contributed by atoms with Gasteiger partial charge in [0.05, 0.1) is 32.3 Å². The van der Waals surface area contributed by atoms with E-state index in [1.807, 2.05) is 6.07 Å². The first-order valence-corrected chi connectivity index (χ1v) is 8.37. The molecule has 0 bridgehead atoms. The maximum Gasteiger partial charge on any atom is 0.213 e. The lowest BCUT2D eigenvalue weighted by Gasteiger charge is -2.09. The Morgan fingerprint density at radius 3 is 2.64 bits per heavy atom. The Morgan fingerprint density at radius 1 is 1.07 bits per heavy atom. The van der Waals surface area contributed by atoms with Crippen LogP contribution in [0.1, 0.15) is 0 Å². The molecule has 4 rings (SSSR count). The maximum atomic E-state index is 9.83. The van der Waals surface area contributed by atoms with E-state index in [9.17, 15) is 5.11 Å². The van der Waals surface area contributed by atoms with E-state index in [2.05, 4.69) is 20.4 Å². The van der Waals surface area contributed by atoms with Gasteiger partial charge in [0.15, 0.2) is 17.1 Å². The Balaban J connectivity index is 1.75. The van der Waals surface area contributed by atoms with Gasteiger partial charge < -0.3 is 25.6 Å². The molecule has 0 unspecified atom stereocenters. The summed E-state index contributed by atoms with van der Waals surface area (Å²) in [6.45, 7) is 0. The van der Waals surface area contributed by atoms with E-state index in [0.29, 0.717) is 28.9 Å². The third kappa shape index (κ3) is 3.09. The number of nitrogens with two attached hydrogens (primary N) is 1. The van der Waals surface area contributed by atoms with Crippen molar-refractivity contribution in [2.24, 2.45) is 0 Å². The number of nitrogens with one attached hydrogen (secondary N) is 1. The van der Waals surface area contributed by atoms with E-state index < -0.39 is 0 Å². The number of aromatic hydroxyl groups is 1. The fourth-order valence-electron chi connectivity index (χ4n) is 2.82. The van der Waals surface area contributed by atoms with Crippen LogP contribution in [0.2, 0.25) is 0 Å². The highest BCUT2D eigenvalue weighted by Gasteiger charge is 2.14. The van der Waals surface area contributed by atoms with Crippen LogP contribution in [0.3, 0.4) is 0 Å². The second-order valence-corrected chi connectivity index (χ2v) is 5.96. The van der Waals surface area contributed by atoms with E-state index in [0.717, 1.165) is 16.8 Å². The van der Waals surface area contributed by atoms with Crippen molar-refractivity contribution < 1.29 is 14.6 Å². The standard InChI is InChI=1S/C19H18N6O3/c1-27-15-7-11(3-5-14(15)26)13-10-22-25-16(20)8-17(24-19(13)25)23-12-4-6-18(28-2)21-9-12/h3-10,26H,20H2,1-2H3,(H,23,24). The van der Waals surface area contributed by atoms with Crippen molar-refractivity contribution in [3.8, 4) is 28.5 Å². The van der Waals surface area contributed by atoms with Crippen molar-refractivity contribution in [2.45, 2.75) is 0 Å². The third-order valence-electron chi connectivity index (χ3n) is 4.21. The SMILES string of the molecule is COc1ccc(Nc2cc(N)n3ncc(-c4ccc(O)c(OC)c4)c3n2)cn1. The lowest BCUT2D eigenvalue weighted by Crippen LogP contribution is -2.03. The number of methoxy groups -OCH3 is 2. The predicted molar refractivity (Wildman–Crippen MR) is 105 cm³/mol. The Labute approximate surface area is 160 Å². The molecule has 0 fully saturated rings. The van der Waals surface area contributed by atoms with Gasteiger partial charge in [-0.25, -0.2) is 9.97 Å². The second-order valence-electron chi connectivity index (χ2n) is 5.96. The van der Waals surface area contributed by atoms with Gasteiger partial charge >= 0.3 is 0 Å². The average molecular weight is 378 g/mol. The van der Waals surface area contributed by atoms with Crippen LogP contribution in [0, 0.1) is 0 Å². The number of ether oxygens (including phenoxy) is 2. The topological polar surface area (TPSA) is 120 Å². The molecule has 0 amide bonds. The zero-order valence-corrected chi connectivity index (χ0v) is 15.2. The number of benzene rings is 1. The number of hydrogen-bond donors (Lipinski definition) is 3. The summed E-state index contributed by atoms with van der Waals surface area (Å²) >= 11 is 0. The minimum absolute atomic E-state index is 0.0598. The highest BCUT2D eigenvalue weighted by molar-refractivity contribution is 5.80. The van der Waals surface area contributed by atoms with E-state index in [1.165, 1.54) is 7.11 Å². The minimum atomic E-state index is 0.0598. The van der Waals surface area contributed by atoms with Crippen LogP contribution < -0.4 is 20.5 Å². The van der Waals surface area contributed by atoms with Crippen LogP contribution in [0.4, 0.5) is 17.3 Å². The van der Waals surface area contributed by atoms with Gasteiger partial charge in [-0.3, -0.25) is 0 Å². The monoisotopic (exact) mass is 378 g/mol. The molecular weight excluding hydrogens is 360 g/mol. The number of rotatable bonds is 5. The fourth-order valence-corrected chi connectivity index (χ4v) is 2.82. The Kier molecular flexibility index (Phi) is 4.32. The first-order valence-electron chi connectivity index (χ1n) is 8.37. The Morgan fingerprint density at radius 2 is 1.93 bits per heavy atom. The average Bonchev–Trinajstić information content (AvgIpc) is 3.13. The summed E-state index contributed by atoms with van der Waals surface area (Å²) in [7, 11) is 3.06. The highest BCUT2D eigenvalue weighted by Crippen LogP contribution is 2.33. The number of anilines is 3. The quantitative estimate of drug-likeness (QED) is 0.485. The Bertz CT molecular complexity index is 1140. The van der Waals surface area contributed by atoms with E-state index in [-0.39, 0.29) is 5.75 Å². The lowest BCUT2D eigenvalue weighted by molar-refractivity contribution is 0.373. The van der Waals surface area contributed by atoms with Crippen LogP contribution >= 0.6 is 0 Å². The van der Waals surface area contributed by atoms with Crippen molar-refractivity contribution in [3.63, 3.8) is 0 Å². The van der Waals surface area contributed by atoms with Crippen LogP contribution in [0.25, 0.3) is 16.8 Å². The molecule has 0 aliphatic carbocycles. The fraction of sp³-hybridized carbons (Fsp3) is 0.105. The van der Waals surface area contributed by atoms with Crippen LogP contribution in [0.15, 0.2) is 48.8 Å². The van der Waals surface area contributed by atoms with Crippen LogP contribution in [-0.4, -0.2) is 38.9 Å². The van der Waals surface area contributed by atoms with Gasteiger partial charge in [0.25, 0.3) is 0 Å². The number of pyridine rings is 1. The Hall–Kier alpha value is -4.01. The number of nitrogens with zero attached hydrogens (tertiary/aromatic N) is 4. The molecule has 4 N–H and O–H groups in total. The first-order chi connectivity index (χ1) is 13.6. The van der Waals surface area contributed by atoms with Crippen molar-refractivity contribution >= 4 is 23.0 Å². The summed E-state index contributed by atoms with van der Waals surface area (Å²) in [5, 5.41) is 17.3. The van der Waals surface area contributed by atoms with Gasteiger partial charge in [0, 0.05) is 17.7 Å². The van der Waals surface area contributed by atoms with E-state index >= 15 is 0 Å². The number of nitrogen functional groups attached to an aromatic ring is 1. The summed E-state index contributed by atoms with van der Waals surface area (Å²) in [5.41, 5.74) is 9.00. The number of aromatic nitrogens is 4. The molecule has 9 nitrogen and oxygen atoms in total. The molecule has 9 heteroatoms. The molecule has 142 valence electrons. The van der Waals surface area contributed by atoms with Crippen molar-refractivity contribution in [1.82, 2.24) is 19.6 Å². The third-order valence-corrected chi connectivity index (χ3v) is 4.21. The maximum absolute atomic E-state index is 9.83. The molecule has 0 atom stereocenters. The number of phenols is 1. The van der Waals surface area contributed by atoms with Gasteiger partial charge in [-0.2, -0.15) is 9.61 Å². The molecular formula is C19H18N6O3. The zero-order valence-electron chi connectivity index (χ0n) is 15.2. The van der Waals surface area contributed by atoms with Gasteiger partial charge in [-0.1, -0.05) is 6.07 Å². The number of phenolic OH excluding ortho intramolecular Hbond substituents is 1. The molecule has 0 aliphatic rings. The summed E-state index contributed by atoms with van der Waals surface area (Å²) < 4.78 is 11.8. The number of fused-ring (bicyclic) bond motifs is 1. The molecule has 4 aromatic rings. The highest BCUT2D eigenvalue weighted by atomic mass is 16.5. The van der Waals surface area contributed by atoms with E-state index in [4.69, 9.17) is 15.2 Å². The van der Waals surface area contributed by atoms with Gasteiger partial charge in [0.1, 0.15) is 11.6 Å². The van der Waals surface area contributed by atoms with E-state index in [1.54, 1.807) is 54.4 Å². The van der Waals surface area contributed by atoms with Crippen molar-refractivity contribution in [3.05, 3.63) is 48.8 Å². The number of hydrogen-bond acceptors (Lipinski definition) is 8. The largest absolute Gasteiger partial charge is 0.504 e. The smallest absolute Gasteiger partial charge is 0.213 e. The van der Waals surface area contributed by atoms with Gasteiger partial charge in [-0.05, 0) is 23.8 Å². The molecule has 0 saturated carbocycles. The molecule has 3 heterocycles.